The van der Waals surface area contributed by atoms with Crippen LogP contribution in [0.3, 0.4) is 0 Å². The first-order valence-electron chi connectivity index (χ1n) is 9.56. The minimum absolute atomic E-state index is 0. The van der Waals surface area contributed by atoms with Crippen molar-refractivity contribution in [3.63, 3.8) is 0 Å². The number of ether oxygens (including phenoxy) is 1. The van der Waals surface area contributed by atoms with Crippen LogP contribution in [0.4, 0.5) is 22.0 Å². The fourth-order valence-electron chi connectivity index (χ4n) is 4.51. The molecule has 10 heteroatoms. The Labute approximate surface area is 187 Å². The Morgan fingerprint density at radius 3 is 2.31 bits per heavy atom. The number of hydrogen-bond donors (Lipinski definition) is 1. The third kappa shape index (κ3) is 5.05. The minimum atomic E-state index is -4.45. The lowest BCUT2D eigenvalue weighted by atomic mass is 9.58. The molecule has 0 bridgehead atoms. The molecule has 1 aliphatic heterocycles. The van der Waals surface area contributed by atoms with Crippen LogP contribution in [0.1, 0.15) is 36.0 Å². The molecule has 1 saturated carbocycles. The van der Waals surface area contributed by atoms with Gasteiger partial charge in [0.05, 0.1) is 31.1 Å². The van der Waals surface area contributed by atoms with Gasteiger partial charge in [-0.25, -0.2) is 8.78 Å². The standard InChI is InChI=1S/C21H17F5O2.CH3ClO.H3N/c22-16-5-6-17(23)19-18(16)20(8-7-15(27)9-14(20)11-28-19)10-12-1-3-13(4-2-12)21(24,25)26;1-3-2;/h1-6,14H,7-11H2;1H3;1H3/t14-,20+;;/m1../s1. The van der Waals surface area contributed by atoms with E-state index in [1.165, 1.54) is 19.2 Å². The molecule has 2 aromatic carbocycles. The van der Waals surface area contributed by atoms with Gasteiger partial charge in [-0.1, -0.05) is 12.1 Å². The highest BCUT2D eigenvalue weighted by Crippen LogP contribution is 2.52. The predicted octanol–water partition coefficient (Wildman–Crippen LogP) is 6.17. The van der Waals surface area contributed by atoms with Crippen molar-refractivity contribution in [1.29, 1.82) is 0 Å². The van der Waals surface area contributed by atoms with E-state index in [1.54, 1.807) is 0 Å². The van der Waals surface area contributed by atoms with Gasteiger partial charge in [0.15, 0.2) is 11.6 Å². The molecule has 2 aromatic rings. The molecule has 4 nitrogen and oxygen atoms in total. The van der Waals surface area contributed by atoms with Crippen LogP contribution in [-0.2, 0) is 27.1 Å². The highest BCUT2D eigenvalue weighted by atomic mass is 35.5. The quantitative estimate of drug-likeness (QED) is 0.522. The lowest BCUT2D eigenvalue weighted by molar-refractivity contribution is -0.137. The summed E-state index contributed by atoms with van der Waals surface area (Å²) in [7, 11) is 1.39. The zero-order valence-corrected chi connectivity index (χ0v) is 18.0. The number of halogens is 6. The summed E-state index contributed by atoms with van der Waals surface area (Å²) in [5.41, 5.74) is -0.998. The van der Waals surface area contributed by atoms with E-state index in [0.29, 0.717) is 12.0 Å². The van der Waals surface area contributed by atoms with Gasteiger partial charge in [0.2, 0.25) is 0 Å². The van der Waals surface area contributed by atoms with E-state index in [0.717, 1.165) is 24.3 Å². The molecule has 2 atom stereocenters. The summed E-state index contributed by atoms with van der Waals surface area (Å²) in [6, 6.07) is 6.71. The lowest BCUT2D eigenvalue weighted by Crippen LogP contribution is -2.49. The zero-order valence-electron chi connectivity index (χ0n) is 17.3. The molecule has 2 aliphatic rings. The number of benzene rings is 2. The molecule has 176 valence electrons. The average molecular weight is 480 g/mol. The smallest absolute Gasteiger partial charge is 0.416 e. The summed E-state index contributed by atoms with van der Waals surface area (Å²) in [6.07, 6.45) is -3.55. The summed E-state index contributed by atoms with van der Waals surface area (Å²) in [5.74, 6) is -1.80. The molecule has 0 spiro atoms. The zero-order chi connectivity index (χ0) is 22.8. The van der Waals surface area contributed by atoms with Gasteiger partial charge in [0.25, 0.3) is 0 Å². The van der Waals surface area contributed by atoms with Gasteiger partial charge in [-0.3, -0.25) is 9.08 Å². The number of rotatable bonds is 2. The van der Waals surface area contributed by atoms with Gasteiger partial charge in [0.1, 0.15) is 11.6 Å². The van der Waals surface area contributed by atoms with Crippen molar-refractivity contribution in [3.05, 3.63) is 64.7 Å². The highest BCUT2D eigenvalue weighted by molar-refractivity contribution is 6.07. The first-order chi connectivity index (χ1) is 14.6. The van der Waals surface area contributed by atoms with Crippen molar-refractivity contribution >= 4 is 17.6 Å². The summed E-state index contributed by atoms with van der Waals surface area (Å²) in [5, 5.41) is 0. The van der Waals surface area contributed by atoms with Gasteiger partial charge < -0.3 is 10.9 Å². The molecule has 0 radical (unpaired) electrons. The second kappa shape index (κ2) is 10.1. The lowest BCUT2D eigenvalue weighted by Gasteiger charge is -2.48. The van der Waals surface area contributed by atoms with E-state index < -0.39 is 28.8 Å². The molecule has 4 rings (SSSR count). The number of Topliss-reactive ketones (excluding diaryl/α,β-unsaturated/α-hetero) is 1. The van der Waals surface area contributed by atoms with Crippen LogP contribution in [-0.4, -0.2) is 19.5 Å². The van der Waals surface area contributed by atoms with Crippen LogP contribution in [0.5, 0.6) is 5.75 Å². The molecule has 0 amide bonds. The molecular weight excluding hydrogens is 457 g/mol. The number of carbonyl (C=O) groups is 1. The number of ketones is 1. The Kier molecular flexibility index (Phi) is 8.25. The largest absolute Gasteiger partial charge is 0.490 e. The summed E-state index contributed by atoms with van der Waals surface area (Å²) < 4.78 is 76.8. The van der Waals surface area contributed by atoms with Crippen LogP contribution in [0.15, 0.2) is 36.4 Å². The molecular formula is C22H23ClF5NO3. The fourth-order valence-corrected chi connectivity index (χ4v) is 4.51. The van der Waals surface area contributed by atoms with E-state index >= 15 is 0 Å². The Balaban J connectivity index is 0.000000860. The number of fused-ring (bicyclic) bond motifs is 3. The van der Waals surface area contributed by atoms with E-state index in [9.17, 15) is 26.7 Å². The van der Waals surface area contributed by atoms with E-state index in [4.69, 9.17) is 4.74 Å². The van der Waals surface area contributed by atoms with E-state index in [-0.39, 0.29) is 55.0 Å². The van der Waals surface area contributed by atoms with Crippen LogP contribution < -0.4 is 10.9 Å². The monoisotopic (exact) mass is 479 g/mol. The summed E-state index contributed by atoms with van der Waals surface area (Å²) in [6.45, 7) is 0.0692. The maximum Gasteiger partial charge on any atom is 0.416 e. The topological polar surface area (TPSA) is 70.5 Å². The van der Waals surface area contributed by atoms with Crippen LogP contribution in [0, 0.1) is 17.6 Å². The normalized spacial score (nSPS) is 21.8. The average Bonchev–Trinajstić information content (AvgIpc) is 2.71. The number of carbonyl (C=O) groups excluding carboxylic acids is 1. The molecule has 32 heavy (non-hydrogen) atoms. The maximum atomic E-state index is 14.8. The second-order valence-electron chi connectivity index (χ2n) is 7.67. The molecule has 3 N–H and O–H groups in total. The van der Waals surface area contributed by atoms with Crippen molar-refractivity contribution in [2.75, 3.05) is 13.7 Å². The van der Waals surface area contributed by atoms with Crippen molar-refractivity contribution in [2.24, 2.45) is 5.92 Å². The third-order valence-electron chi connectivity index (χ3n) is 5.89. The first-order valence-corrected chi connectivity index (χ1v) is 9.87. The van der Waals surface area contributed by atoms with Crippen LogP contribution in [0.25, 0.3) is 0 Å². The van der Waals surface area contributed by atoms with E-state index in [1.807, 2.05) is 0 Å². The fraction of sp³-hybridized carbons (Fsp3) is 0.409. The third-order valence-corrected chi connectivity index (χ3v) is 5.89. The Hall–Kier alpha value is -2.23. The summed E-state index contributed by atoms with van der Waals surface area (Å²) in [4.78, 5) is 12.0. The van der Waals surface area contributed by atoms with E-state index in [2.05, 4.69) is 16.2 Å². The molecule has 1 heterocycles. The highest BCUT2D eigenvalue weighted by Gasteiger charge is 2.51. The van der Waals surface area contributed by atoms with Crippen molar-refractivity contribution in [1.82, 2.24) is 6.15 Å². The van der Waals surface area contributed by atoms with Crippen molar-refractivity contribution in [2.45, 2.75) is 37.3 Å². The number of alkyl halides is 3. The molecule has 0 unspecified atom stereocenters. The van der Waals surface area contributed by atoms with Crippen LogP contribution >= 0.6 is 11.9 Å². The number of hydrogen-bond acceptors (Lipinski definition) is 4. The Morgan fingerprint density at radius 2 is 1.72 bits per heavy atom. The van der Waals surface area contributed by atoms with Crippen molar-refractivity contribution in [3.8, 4) is 5.75 Å². The second-order valence-corrected chi connectivity index (χ2v) is 7.97. The van der Waals surface area contributed by atoms with Gasteiger partial charge in [-0.05, 0) is 42.7 Å². The van der Waals surface area contributed by atoms with Gasteiger partial charge >= 0.3 is 6.18 Å². The Bertz CT molecular complexity index is 952. The predicted molar refractivity (Wildman–Crippen MR) is 109 cm³/mol. The Morgan fingerprint density at radius 1 is 1.12 bits per heavy atom. The van der Waals surface area contributed by atoms with Crippen molar-refractivity contribution < 1.29 is 35.8 Å². The molecule has 0 aromatic heterocycles. The minimum Gasteiger partial charge on any atom is -0.490 e. The van der Waals surface area contributed by atoms with Crippen LogP contribution in [0.2, 0.25) is 0 Å². The summed E-state index contributed by atoms with van der Waals surface area (Å²) >= 11 is 4.50. The van der Waals surface area contributed by atoms with Gasteiger partial charge in [0, 0.05) is 29.7 Å². The van der Waals surface area contributed by atoms with Gasteiger partial charge in [-0.2, -0.15) is 13.2 Å². The molecule has 1 aliphatic carbocycles. The molecule has 1 fully saturated rings. The maximum absolute atomic E-state index is 14.8. The van der Waals surface area contributed by atoms with Gasteiger partial charge in [-0.15, -0.1) is 0 Å². The first kappa shape index (κ1) is 26.0. The SMILES string of the molecule is COCl.N.O=C1CC[C@@]2(Cc3ccc(C(F)(F)F)cc3)c3c(F)ccc(F)c3OC[C@H]2C1. The molecule has 0 saturated heterocycles.